The molecule has 0 bridgehead atoms. The number of nitrogens with zero attached hydrogens (tertiary/aromatic N) is 2. The molecule has 1 atom stereocenters. The van der Waals surface area contributed by atoms with Gasteiger partial charge in [0.2, 0.25) is 0 Å². The van der Waals surface area contributed by atoms with Crippen LogP contribution in [0.2, 0.25) is 0 Å². The van der Waals surface area contributed by atoms with Crippen molar-refractivity contribution >= 4 is 11.0 Å². The highest BCUT2D eigenvalue weighted by molar-refractivity contribution is 5.78. The minimum Gasteiger partial charge on any atom is -0.384 e. The van der Waals surface area contributed by atoms with E-state index in [2.05, 4.69) is 9.97 Å². The van der Waals surface area contributed by atoms with Gasteiger partial charge in [-0.25, -0.2) is 4.39 Å². The summed E-state index contributed by atoms with van der Waals surface area (Å²) in [5, 5.41) is 10.5. The zero-order chi connectivity index (χ0) is 14.1. The van der Waals surface area contributed by atoms with Crippen molar-refractivity contribution in [2.75, 3.05) is 0 Å². The highest BCUT2D eigenvalue weighted by Crippen LogP contribution is 2.27. The van der Waals surface area contributed by atoms with Crippen molar-refractivity contribution in [3.05, 3.63) is 71.3 Å². The van der Waals surface area contributed by atoms with Crippen LogP contribution in [0.25, 0.3) is 11.0 Å². The Hall–Kier alpha value is -2.33. The summed E-state index contributed by atoms with van der Waals surface area (Å²) in [5.74, 6) is -0.356. The molecule has 0 aliphatic carbocycles. The van der Waals surface area contributed by atoms with Crippen LogP contribution in [0, 0.1) is 12.7 Å². The lowest BCUT2D eigenvalue weighted by Crippen LogP contribution is -2.03. The maximum absolute atomic E-state index is 13.5. The molecule has 0 fully saturated rings. The molecule has 0 amide bonds. The summed E-state index contributed by atoms with van der Waals surface area (Å²) in [6.07, 6.45) is 2.25. The summed E-state index contributed by atoms with van der Waals surface area (Å²) in [6.45, 7) is 1.79. The number of aliphatic hydroxyl groups excluding tert-OH is 1. The molecule has 3 aromatic rings. The SMILES string of the molecule is Cc1cc(F)cc(C(O)c2cccc3nccnc23)c1. The van der Waals surface area contributed by atoms with Gasteiger partial charge in [-0.05, 0) is 36.2 Å². The quantitative estimate of drug-likeness (QED) is 0.776. The van der Waals surface area contributed by atoms with Gasteiger partial charge in [0.25, 0.3) is 0 Å². The number of fused-ring (bicyclic) bond motifs is 1. The van der Waals surface area contributed by atoms with Crippen LogP contribution in [-0.2, 0) is 0 Å². The van der Waals surface area contributed by atoms with Gasteiger partial charge in [0, 0.05) is 18.0 Å². The smallest absolute Gasteiger partial charge is 0.123 e. The molecule has 1 N–H and O–H groups in total. The van der Waals surface area contributed by atoms with Crippen LogP contribution in [-0.4, -0.2) is 15.1 Å². The van der Waals surface area contributed by atoms with Gasteiger partial charge in [0.15, 0.2) is 0 Å². The number of aryl methyl sites for hydroxylation is 1. The first kappa shape index (κ1) is 12.7. The van der Waals surface area contributed by atoms with Crippen molar-refractivity contribution in [3.8, 4) is 0 Å². The van der Waals surface area contributed by atoms with Crippen LogP contribution >= 0.6 is 0 Å². The van der Waals surface area contributed by atoms with E-state index in [0.717, 1.165) is 5.56 Å². The Morgan fingerprint density at radius 3 is 2.70 bits per heavy atom. The molecular formula is C16H13FN2O. The normalized spacial score (nSPS) is 12.6. The van der Waals surface area contributed by atoms with E-state index in [9.17, 15) is 9.50 Å². The molecule has 20 heavy (non-hydrogen) atoms. The monoisotopic (exact) mass is 268 g/mol. The molecule has 0 radical (unpaired) electrons. The number of rotatable bonds is 2. The summed E-state index contributed by atoms with van der Waals surface area (Å²) in [4.78, 5) is 8.46. The molecule has 3 nitrogen and oxygen atoms in total. The summed E-state index contributed by atoms with van der Waals surface area (Å²) in [5.41, 5.74) is 3.24. The predicted molar refractivity (Wildman–Crippen MR) is 74.7 cm³/mol. The average Bonchev–Trinajstić information content (AvgIpc) is 2.45. The highest BCUT2D eigenvalue weighted by atomic mass is 19.1. The molecule has 0 saturated carbocycles. The van der Waals surface area contributed by atoms with E-state index in [1.165, 1.54) is 12.1 Å². The van der Waals surface area contributed by atoms with Crippen LogP contribution in [0.3, 0.4) is 0 Å². The van der Waals surface area contributed by atoms with Crippen molar-refractivity contribution in [2.24, 2.45) is 0 Å². The minimum atomic E-state index is -0.926. The zero-order valence-electron chi connectivity index (χ0n) is 10.9. The van der Waals surface area contributed by atoms with Gasteiger partial charge in [0.1, 0.15) is 11.9 Å². The molecular weight excluding hydrogens is 255 g/mol. The summed E-state index contributed by atoms with van der Waals surface area (Å²) in [6, 6.07) is 9.95. The van der Waals surface area contributed by atoms with Crippen LogP contribution < -0.4 is 0 Å². The topological polar surface area (TPSA) is 46.0 Å². The number of aliphatic hydroxyl groups is 1. The van der Waals surface area contributed by atoms with Gasteiger partial charge < -0.3 is 5.11 Å². The fourth-order valence-corrected chi connectivity index (χ4v) is 2.34. The van der Waals surface area contributed by atoms with Crippen molar-refractivity contribution in [3.63, 3.8) is 0 Å². The Kier molecular flexibility index (Phi) is 3.16. The third-order valence-electron chi connectivity index (χ3n) is 3.20. The van der Waals surface area contributed by atoms with Gasteiger partial charge in [-0.2, -0.15) is 0 Å². The highest BCUT2D eigenvalue weighted by Gasteiger charge is 2.15. The van der Waals surface area contributed by atoms with Gasteiger partial charge in [-0.15, -0.1) is 0 Å². The van der Waals surface area contributed by atoms with E-state index in [-0.39, 0.29) is 5.82 Å². The molecule has 2 aromatic carbocycles. The number of hydrogen-bond donors (Lipinski definition) is 1. The first-order valence-corrected chi connectivity index (χ1v) is 6.30. The molecule has 1 unspecified atom stereocenters. The van der Waals surface area contributed by atoms with Gasteiger partial charge >= 0.3 is 0 Å². The van der Waals surface area contributed by atoms with Crippen molar-refractivity contribution in [1.29, 1.82) is 0 Å². The van der Waals surface area contributed by atoms with Crippen LogP contribution in [0.1, 0.15) is 22.8 Å². The molecule has 0 spiro atoms. The number of halogens is 1. The summed E-state index contributed by atoms with van der Waals surface area (Å²) in [7, 11) is 0. The van der Waals surface area contributed by atoms with Crippen molar-refractivity contribution in [1.82, 2.24) is 9.97 Å². The third kappa shape index (κ3) is 2.26. The number of benzene rings is 2. The number of hydrogen-bond acceptors (Lipinski definition) is 3. The van der Waals surface area contributed by atoms with Gasteiger partial charge in [-0.3, -0.25) is 9.97 Å². The van der Waals surface area contributed by atoms with Crippen molar-refractivity contribution in [2.45, 2.75) is 13.0 Å². The Morgan fingerprint density at radius 2 is 1.90 bits per heavy atom. The fraction of sp³-hybridized carbons (Fsp3) is 0.125. The minimum absolute atomic E-state index is 0.356. The first-order valence-electron chi connectivity index (χ1n) is 6.30. The van der Waals surface area contributed by atoms with Crippen LogP contribution in [0.4, 0.5) is 4.39 Å². The van der Waals surface area contributed by atoms with Crippen LogP contribution in [0.15, 0.2) is 48.8 Å². The molecule has 0 aliphatic rings. The Bertz CT molecular complexity index is 748. The molecule has 0 aliphatic heterocycles. The predicted octanol–water partition coefficient (Wildman–Crippen LogP) is 3.16. The lowest BCUT2D eigenvalue weighted by molar-refractivity contribution is 0.221. The second kappa shape index (κ2) is 4.98. The molecule has 100 valence electrons. The molecule has 1 aromatic heterocycles. The van der Waals surface area contributed by atoms with Crippen molar-refractivity contribution < 1.29 is 9.50 Å². The van der Waals surface area contributed by atoms with Gasteiger partial charge in [-0.1, -0.05) is 18.2 Å². The average molecular weight is 268 g/mol. The number of aromatic nitrogens is 2. The first-order chi connectivity index (χ1) is 9.65. The van der Waals surface area contributed by atoms with E-state index >= 15 is 0 Å². The second-order valence-corrected chi connectivity index (χ2v) is 4.74. The number of para-hydroxylation sites is 1. The van der Waals surface area contributed by atoms with E-state index in [4.69, 9.17) is 0 Å². The maximum atomic E-state index is 13.5. The standard InChI is InChI=1S/C16H13FN2O/c1-10-7-11(9-12(17)8-10)16(20)13-3-2-4-14-15(13)19-6-5-18-14/h2-9,16,20H,1H3. The largest absolute Gasteiger partial charge is 0.384 e. The van der Waals surface area contributed by atoms with E-state index in [1.807, 2.05) is 12.1 Å². The Morgan fingerprint density at radius 1 is 1.10 bits per heavy atom. The molecule has 4 heteroatoms. The molecule has 1 heterocycles. The van der Waals surface area contributed by atoms with E-state index in [0.29, 0.717) is 22.2 Å². The maximum Gasteiger partial charge on any atom is 0.123 e. The Balaban J connectivity index is 2.15. The lowest BCUT2D eigenvalue weighted by atomic mass is 9.98. The summed E-state index contributed by atoms with van der Waals surface area (Å²) < 4.78 is 13.5. The molecule has 0 saturated heterocycles. The zero-order valence-corrected chi connectivity index (χ0v) is 10.9. The molecule has 3 rings (SSSR count). The Labute approximate surface area is 115 Å². The summed E-state index contributed by atoms with van der Waals surface area (Å²) >= 11 is 0. The van der Waals surface area contributed by atoms with E-state index < -0.39 is 6.10 Å². The van der Waals surface area contributed by atoms with E-state index in [1.54, 1.807) is 31.5 Å². The second-order valence-electron chi connectivity index (χ2n) is 4.74. The van der Waals surface area contributed by atoms with Crippen LogP contribution in [0.5, 0.6) is 0 Å². The third-order valence-corrected chi connectivity index (χ3v) is 3.20. The lowest BCUT2D eigenvalue weighted by Gasteiger charge is -2.14. The fourth-order valence-electron chi connectivity index (χ4n) is 2.34. The van der Waals surface area contributed by atoms with Gasteiger partial charge in [0.05, 0.1) is 11.0 Å².